The second kappa shape index (κ2) is 5.66. The van der Waals surface area contributed by atoms with Gasteiger partial charge in [-0.15, -0.1) is 0 Å². The largest absolute Gasteiger partial charge is 0.344 e. The predicted molar refractivity (Wildman–Crippen MR) is 66.3 cm³/mol. The third-order valence-electron chi connectivity index (χ3n) is 2.82. The van der Waals surface area contributed by atoms with Crippen LogP contribution in [0.25, 0.3) is 0 Å². The molecule has 0 saturated heterocycles. The van der Waals surface area contributed by atoms with Crippen molar-refractivity contribution >= 4 is 5.91 Å². The summed E-state index contributed by atoms with van der Waals surface area (Å²) in [6.45, 7) is 4.99. The molecule has 0 bridgehead atoms. The minimum atomic E-state index is -0.00898. The Hall–Kier alpha value is -1.35. The summed E-state index contributed by atoms with van der Waals surface area (Å²) in [5.74, 6) is -0.00898. The first-order chi connectivity index (χ1) is 7.54. The number of benzene rings is 1. The summed E-state index contributed by atoms with van der Waals surface area (Å²) in [5.41, 5.74) is 9.14. The Balaban J connectivity index is 2.60. The van der Waals surface area contributed by atoms with E-state index >= 15 is 0 Å². The number of carbonyl (C=O) groups is 1. The van der Waals surface area contributed by atoms with E-state index in [4.69, 9.17) is 5.73 Å². The lowest BCUT2D eigenvalue weighted by Gasteiger charge is -2.17. The molecule has 16 heavy (non-hydrogen) atoms. The number of nitrogens with two attached hydrogens (primary N) is 1. The monoisotopic (exact) mass is 220 g/mol. The van der Waals surface area contributed by atoms with Gasteiger partial charge in [0.2, 0.25) is 5.91 Å². The van der Waals surface area contributed by atoms with Gasteiger partial charge in [0, 0.05) is 13.6 Å². The minimum Gasteiger partial charge on any atom is -0.344 e. The van der Waals surface area contributed by atoms with Gasteiger partial charge in [-0.3, -0.25) is 4.79 Å². The zero-order chi connectivity index (χ0) is 12.1. The third kappa shape index (κ3) is 3.35. The van der Waals surface area contributed by atoms with Crippen LogP contribution < -0.4 is 5.73 Å². The van der Waals surface area contributed by atoms with Crippen LogP contribution in [-0.2, 0) is 11.2 Å². The Morgan fingerprint density at radius 3 is 2.69 bits per heavy atom. The van der Waals surface area contributed by atoms with Gasteiger partial charge in [0.15, 0.2) is 0 Å². The van der Waals surface area contributed by atoms with E-state index in [1.54, 1.807) is 11.9 Å². The summed E-state index contributed by atoms with van der Waals surface area (Å²) in [5, 5.41) is 0. The number of likely N-dealkylation sites (N-methyl/N-ethyl adjacent to an activating group) is 1. The standard InChI is InChI=1S/C13H20N2O/c1-10-4-5-11(2)12(8-10)6-7-15(3)13(16)9-14/h4-5,8H,6-7,9,14H2,1-3H3. The van der Waals surface area contributed by atoms with Gasteiger partial charge in [-0.25, -0.2) is 0 Å². The Bertz CT molecular complexity index is 374. The maximum absolute atomic E-state index is 11.3. The molecule has 0 fully saturated rings. The average Bonchev–Trinajstić information content (AvgIpc) is 2.28. The predicted octanol–water partition coefficient (Wildman–Crippen LogP) is 1.26. The quantitative estimate of drug-likeness (QED) is 0.830. The molecule has 3 nitrogen and oxygen atoms in total. The van der Waals surface area contributed by atoms with Crippen LogP contribution in [0, 0.1) is 13.8 Å². The van der Waals surface area contributed by atoms with Crippen LogP contribution in [0.3, 0.4) is 0 Å². The van der Waals surface area contributed by atoms with E-state index < -0.39 is 0 Å². The molecule has 0 aliphatic rings. The molecule has 2 N–H and O–H groups in total. The molecule has 0 aliphatic carbocycles. The van der Waals surface area contributed by atoms with E-state index in [0.717, 1.165) is 13.0 Å². The lowest BCUT2D eigenvalue weighted by atomic mass is 10.0. The van der Waals surface area contributed by atoms with E-state index in [1.807, 2.05) is 0 Å². The molecule has 1 aromatic rings. The van der Waals surface area contributed by atoms with E-state index in [0.29, 0.717) is 0 Å². The highest BCUT2D eigenvalue weighted by molar-refractivity contribution is 5.77. The fourth-order valence-corrected chi connectivity index (χ4v) is 1.64. The Morgan fingerprint density at radius 1 is 1.38 bits per heavy atom. The maximum atomic E-state index is 11.3. The summed E-state index contributed by atoms with van der Waals surface area (Å²) >= 11 is 0. The van der Waals surface area contributed by atoms with Crippen LogP contribution in [-0.4, -0.2) is 30.9 Å². The second-order valence-corrected chi connectivity index (χ2v) is 4.20. The van der Waals surface area contributed by atoms with Crippen LogP contribution in [0.2, 0.25) is 0 Å². The smallest absolute Gasteiger partial charge is 0.236 e. The summed E-state index contributed by atoms with van der Waals surface area (Å²) in [7, 11) is 1.79. The first-order valence-corrected chi connectivity index (χ1v) is 5.54. The summed E-state index contributed by atoms with van der Waals surface area (Å²) in [4.78, 5) is 13.0. The zero-order valence-corrected chi connectivity index (χ0v) is 10.3. The molecule has 1 aromatic carbocycles. The molecular weight excluding hydrogens is 200 g/mol. The van der Waals surface area contributed by atoms with Crippen LogP contribution >= 0.6 is 0 Å². The zero-order valence-electron chi connectivity index (χ0n) is 10.3. The number of amides is 1. The molecule has 0 aliphatic heterocycles. The lowest BCUT2D eigenvalue weighted by molar-refractivity contribution is -0.128. The maximum Gasteiger partial charge on any atom is 0.236 e. The molecule has 0 radical (unpaired) electrons. The first kappa shape index (κ1) is 12.7. The number of aryl methyl sites for hydroxylation is 2. The van der Waals surface area contributed by atoms with Gasteiger partial charge < -0.3 is 10.6 Å². The molecule has 1 rings (SSSR count). The van der Waals surface area contributed by atoms with Crippen molar-refractivity contribution in [2.24, 2.45) is 5.73 Å². The molecule has 0 atom stereocenters. The molecule has 0 saturated carbocycles. The van der Waals surface area contributed by atoms with Gasteiger partial charge in [0.1, 0.15) is 0 Å². The van der Waals surface area contributed by atoms with E-state index in [9.17, 15) is 4.79 Å². The molecular formula is C13H20N2O. The van der Waals surface area contributed by atoms with Crippen molar-refractivity contribution < 1.29 is 4.79 Å². The number of hydrogen-bond donors (Lipinski definition) is 1. The van der Waals surface area contributed by atoms with Gasteiger partial charge in [0.05, 0.1) is 6.54 Å². The molecule has 0 spiro atoms. The van der Waals surface area contributed by atoms with Gasteiger partial charge in [-0.1, -0.05) is 23.8 Å². The average molecular weight is 220 g/mol. The fourth-order valence-electron chi connectivity index (χ4n) is 1.64. The van der Waals surface area contributed by atoms with Crippen molar-refractivity contribution in [1.82, 2.24) is 4.90 Å². The van der Waals surface area contributed by atoms with Gasteiger partial charge in [0.25, 0.3) is 0 Å². The summed E-state index contributed by atoms with van der Waals surface area (Å²) in [6, 6.07) is 6.40. The molecule has 0 aromatic heterocycles. The fraction of sp³-hybridized carbons (Fsp3) is 0.462. The van der Waals surface area contributed by atoms with Crippen molar-refractivity contribution in [2.75, 3.05) is 20.1 Å². The highest BCUT2D eigenvalue weighted by atomic mass is 16.2. The van der Waals surface area contributed by atoms with Crippen molar-refractivity contribution in [3.8, 4) is 0 Å². The number of nitrogens with zero attached hydrogens (tertiary/aromatic N) is 1. The molecule has 0 heterocycles. The van der Waals surface area contributed by atoms with Crippen LogP contribution in [0.1, 0.15) is 16.7 Å². The van der Waals surface area contributed by atoms with Crippen molar-refractivity contribution in [1.29, 1.82) is 0 Å². The van der Waals surface area contributed by atoms with E-state index in [-0.39, 0.29) is 12.5 Å². The topological polar surface area (TPSA) is 46.3 Å². The SMILES string of the molecule is Cc1ccc(C)c(CCN(C)C(=O)CN)c1. The van der Waals surface area contributed by atoms with E-state index in [2.05, 4.69) is 32.0 Å². The highest BCUT2D eigenvalue weighted by Gasteiger charge is 2.06. The third-order valence-corrected chi connectivity index (χ3v) is 2.82. The second-order valence-electron chi connectivity index (χ2n) is 4.20. The van der Waals surface area contributed by atoms with Crippen molar-refractivity contribution in [3.05, 3.63) is 34.9 Å². The first-order valence-electron chi connectivity index (χ1n) is 5.54. The highest BCUT2D eigenvalue weighted by Crippen LogP contribution is 2.11. The summed E-state index contributed by atoms with van der Waals surface area (Å²) < 4.78 is 0. The number of carbonyl (C=O) groups excluding carboxylic acids is 1. The molecule has 88 valence electrons. The van der Waals surface area contributed by atoms with Gasteiger partial charge in [-0.2, -0.15) is 0 Å². The number of hydrogen-bond acceptors (Lipinski definition) is 2. The lowest BCUT2D eigenvalue weighted by Crippen LogP contribution is -2.34. The Morgan fingerprint density at radius 2 is 2.06 bits per heavy atom. The van der Waals surface area contributed by atoms with Crippen LogP contribution in [0.15, 0.2) is 18.2 Å². The van der Waals surface area contributed by atoms with Crippen LogP contribution in [0.4, 0.5) is 0 Å². The summed E-state index contributed by atoms with van der Waals surface area (Å²) in [6.07, 6.45) is 0.885. The Kier molecular flexibility index (Phi) is 4.50. The minimum absolute atomic E-state index is 0.00898. The van der Waals surface area contributed by atoms with Gasteiger partial charge >= 0.3 is 0 Å². The number of rotatable bonds is 4. The Labute approximate surface area is 97.2 Å². The van der Waals surface area contributed by atoms with Crippen LogP contribution in [0.5, 0.6) is 0 Å². The normalized spacial score (nSPS) is 10.2. The molecule has 1 amide bonds. The van der Waals surface area contributed by atoms with Crippen molar-refractivity contribution in [2.45, 2.75) is 20.3 Å². The molecule has 3 heteroatoms. The van der Waals surface area contributed by atoms with E-state index in [1.165, 1.54) is 16.7 Å². The van der Waals surface area contributed by atoms with Gasteiger partial charge in [-0.05, 0) is 31.4 Å². The van der Waals surface area contributed by atoms with Crippen molar-refractivity contribution in [3.63, 3.8) is 0 Å². The molecule has 0 unspecified atom stereocenters.